The molecular weight excluding hydrogens is 266 g/mol. The van der Waals surface area contributed by atoms with Gasteiger partial charge >= 0.3 is 0 Å². The summed E-state index contributed by atoms with van der Waals surface area (Å²) in [4.78, 5) is 24.2. The zero-order valence-corrected chi connectivity index (χ0v) is 11.6. The van der Waals surface area contributed by atoms with Crippen LogP contribution in [0, 0.1) is 0 Å². The Morgan fingerprint density at radius 3 is 2.33 bits per heavy atom. The van der Waals surface area contributed by atoms with Gasteiger partial charge in [0.2, 0.25) is 5.78 Å². The molecular formula is C17H15NO3. The number of ketones is 2. The lowest BCUT2D eigenvalue weighted by Crippen LogP contribution is -2.14. The summed E-state index contributed by atoms with van der Waals surface area (Å²) < 4.78 is 5.06. The van der Waals surface area contributed by atoms with Gasteiger partial charge in [-0.3, -0.25) is 9.59 Å². The van der Waals surface area contributed by atoms with Crippen LogP contribution in [-0.2, 0) is 0 Å². The van der Waals surface area contributed by atoms with Crippen LogP contribution in [0.4, 0.5) is 0 Å². The van der Waals surface area contributed by atoms with E-state index in [1.807, 2.05) is 6.07 Å². The summed E-state index contributed by atoms with van der Waals surface area (Å²) in [5.74, 6) is -0.148. The zero-order chi connectivity index (χ0) is 15.2. The Labute approximate surface area is 122 Å². The first kappa shape index (κ1) is 14.5. The number of allylic oxidation sites excluding steroid dienone is 2. The lowest BCUT2D eigenvalue weighted by molar-refractivity contribution is 0.101. The van der Waals surface area contributed by atoms with E-state index in [1.165, 1.54) is 7.11 Å². The fourth-order valence-electron chi connectivity index (χ4n) is 1.82. The molecule has 2 aromatic carbocycles. The van der Waals surface area contributed by atoms with Crippen LogP contribution in [0.1, 0.15) is 20.7 Å². The lowest BCUT2D eigenvalue weighted by atomic mass is 10.1. The van der Waals surface area contributed by atoms with E-state index < -0.39 is 5.78 Å². The van der Waals surface area contributed by atoms with Crippen LogP contribution in [0.3, 0.4) is 0 Å². The summed E-state index contributed by atoms with van der Waals surface area (Å²) in [6, 6.07) is 15.3. The van der Waals surface area contributed by atoms with Gasteiger partial charge in [0.05, 0.1) is 12.8 Å². The molecule has 0 saturated heterocycles. The standard InChI is InChI=1S/C17H15NO3/c1-21-14-9-5-8-13(10-14)17(20)15(18)11-16(19)12-6-3-2-4-7-12/h2-11H,18H2,1H3. The fourth-order valence-corrected chi connectivity index (χ4v) is 1.82. The van der Waals surface area contributed by atoms with E-state index in [2.05, 4.69) is 0 Å². The number of methoxy groups -OCH3 is 1. The molecule has 21 heavy (non-hydrogen) atoms. The van der Waals surface area contributed by atoms with E-state index >= 15 is 0 Å². The molecule has 0 fully saturated rings. The van der Waals surface area contributed by atoms with Crippen molar-refractivity contribution in [3.05, 3.63) is 77.5 Å². The van der Waals surface area contributed by atoms with Gasteiger partial charge in [0.1, 0.15) is 5.75 Å². The van der Waals surface area contributed by atoms with E-state index in [1.54, 1.807) is 48.5 Å². The third-order valence-electron chi connectivity index (χ3n) is 2.94. The Hall–Kier alpha value is -2.88. The van der Waals surface area contributed by atoms with Crippen molar-refractivity contribution in [1.29, 1.82) is 0 Å². The molecule has 0 saturated carbocycles. The van der Waals surface area contributed by atoms with Crippen molar-refractivity contribution < 1.29 is 14.3 Å². The molecule has 0 aliphatic heterocycles. The van der Waals surface area contributed by atoms with Crippen molar-refractivity contribution in [1.82, 2.24) is 0 Å². The van der Waals surface area contributed by atoms with Gasteiger partial charge in [-0.2, -0.15) is 0 Å². The molecule has 0 atom stereocenters. The minimum Gasteiger partial charge on any atom is -0.497 e. The Kier molecular flexibility index (Phi) is 4.51. The number of carbonyl (C=O) groups is 2. The first-order valence-electron chi connectivity index (χ1n) is 6.37. The molecule has 0 spiro atoms. The highest BCUT2D eigenvalue weighted by Crippen LogP contribution is 2.15. The first-order valence-corrected chi connectivity index (χ1v) is 6.37. The summed E-state index contributed by atoms with van der Waals surface area (Å²) in [6.07, 6.45) is 1.15. The summed E-state index contributed by atoms with van der Waals surface area (Å²) in [7, 11) is 1.52. The fraction of sp³-hybridized carbons (Fsp3) is 0.0588. The highest BCUT2D eigenvalue weighted by Gasteiger charge is 2.12. The summed E-state index contributed by atoms with van der Waals surface area (Å²) in [6.45, 7) is 0. The van der Waals surface area contributed by atoms with Crippen molar-refractivity contribution in [2.24, 2.45) is 5.73 Å². The Morgan fingerprint density at radius 1 is 1.00 bits per heavy atom. The molecule has 0 aliphatic rings. The second-order valence-corrected chi connectivity index (χ2v) is 4.39. The number of carbonyl (C=O) groups excluding carboxylic acids is 2. The SMILES string of the molecule is COc1cccc(C(=O)C(N)=CC(=O)c2ccccc2)c1. The van der Waals surface area contributed by atoms with Crippen LogP contribution >= 0.6 is 0 Å². The quantitative estimate of drug-likeness (QED) is 0.675. The first-order chi connectivity index (χ1) is 10.1. The van der Waals surface area contributed by atoms with Crippen LogP contribution in [-0.4, -0.2) is 18.7 Å². The predicted octanol–water partition coefficient (Wildman–Crippen LogP) is 2.60. The van der Waals surface area contributed by atoms with Gasteiger partial charge in [0.15, 0.2) is 5.78 Å². The maximum atomic E-state index is 12.2. The average molecular weight is 281 g/mol. The minimum atomic E-state index is -0.404. The number of Topliss-reactive ketones (excluding diaryl/α,β-unsaturated/α-hetero) is 1. The highest BCUT2D eigenvalue weighted by atomic mass is 16.5. The van der Waals surface area contributed by atoms with E-state index in [4.69, 9.17) is 10.5 Å². The van der Waals surface area contributed by atoms with Crippen LogP contribution in [0.5, 0.6) is 5.75 Å². The smallest absolute Gasteiger partial charge is 0.208 e. The van der Waals surface area contributed by atoms with Crippen molar-refractivity contribution in [3.63, 3.8) is 0 Å². The van der Waals surface area contributed by atoms with Crippen molar-refractivity contribution in [2.45, 2.75) is 0 Å². The van der Waals surface area contributed by atoms with Gasteiger partial charge in [-0.05, 0) is 12.1 Å². The molecule has 0 radical (unpaired) electrons. The molecule has 4 heteroatoms. The monoisotopic (exact) mass is 281 g/mol. The van der Waals surface area contributed by atoms with Crippen LogP contribution in [0.25, 0.3) is 0 Å². The van der Waals surface area contributed by atoms with Gasteiger partial charge in [0.25, 0.3) is 0 Å². The van der Waals surface area contributed by atoms with Gasteiger partial charge < -0.3 is 10.5 Å². The molecule has 0 amide bonds. The van der Waals surface area contributed by atoms with Gasteiger partial charge in [-0.25, -0.2) is 0 Å². The average Bonchev–Trinajstić information content (AvgIpc) is 2.54. The molecule has 2 N–H and O–H groups in total. The molecule has 0 heterocycles. The normalized spacial score (nSPS) is 11.0. The second-order valence-electron chi connectivity index (χ2n) is 4.39. The number of hydrogen-bond donors (Lipinski definition) is 1. The minimum absolute atomic E-state index is 0.0999. The predicted molar refractivity (Wildman–Crippen MR) is 80.4 cm³/mol. The molecule has 2 rings (SSSR count). The maximum absolute atomic E-state index is 12.2. The second kappa shape index (κ2) is 6.52. The Morgan fingerprint density at radius 2 is 1.67 bits per heavy atom. The zero-order valence-electron chi connectivity index (χ0n) is 11.6. The summed E-state index contributed by atoms with van der Waals surface area (Å²) in [5.41, 5.74) is 6.49. The van der Waals surface area contributed by atoms with E-state index in [-0.39, 0.29) is 11.5 Å². The third-order valence-corrected chi connectivity index (χ3v) is 2.94. The molecule has 4 nitrogen and oxygen atoms in total. The van der Waals surface area contributed by atoms with Crippen molar-refractivity contribution in [2.75, 3.05) is 7.11 Å². The maximum Gasteiger partial charge on any atom is 0.208 e. The van der Waals surface area contributed by atoms with Gasteiger partial charge in [-0.15, -0.1) is 0 Å². The van der Waals surface area contributed by atoms with E-state index in [0.29, 0.717) is 16.9 Å². The molecule has 106 valence electrons. The molecule has 0 unspecified atom stereocenters. The lowest BCUT2D eigenvalue weighted by Gasteiger charge is -2.04. The van der Waals surface area contributed by atoms with Crippen molar-refractivity contribution in [3.8, 4) is 5.75 Å². The Balaban J connectivity index is 2.22. The molecule has 0 aliphatic carbocycles. The number of hydrogen-bond acceptors (Lipinski definition) is 4. The number of ether oxygens (including phenoxy) is 1. The van der Waals surface area contributed by atoms with Crippen LogP contribution in [0.15, 0.2) is 66.4 Å². The molecule has 0 aromatic heterocycles. The van der Waals surface area contributed by atoms with Gasteiger partial charge in [-0.1, -0.05) is 42.5 Å². The Bertz CT molecular complexity index is 690. The van der Waals surface area contributed by atoms with Crippen LogP contribution in [0.2, 0.25) is 0 Å². The van der Waals surface area contributed by atoms with Gasteiger partial charge in [0, 0.05) is 17.2 Å². The number of nitrogens with two attached hydrogens (primary N) is 1. The largest absolute Gasteiger partial charge is 0.497 e. The molecule has 2 aromatic rings. The summed E-state index contributed by atoms with van der Waals surface area (Å²) >= 11 is 0. The van der Waals surface area contributed by atoms with E-state index in [9.17, 15) is 9.59 Å². The van der Waals surface area contributed by atoms with Crippen LogP contribution < -0.4 is 10.5 Å². The number of benzene rings is 2. The summed E-state index contributed by atoms with van der Waals surface area (Å²) in [5, 5.41) is 0. The molecule has 0 bridgehead atoms. The highest BCUT2D eigenvalue weighted by molar-refractivity contribution is 6.14. The third kappa shape index (κ3) is 3.57. The number of rotatable bonds is 5. The van der Waals surface area contributed by atoms with Crippen molar-refractivity contribution >= 4 is 11.6 Å². The topological polar surface area (TPSA) is 69.4 Å². The van der Waals surface area contributed by atoms with E-state index in [0.717, 1.165) is 6.08 Å².